The maximum absolute atomic E-state index is 10.3. The lowest BCUT2D eigenvalue weighted by Crippen LogP contribution is -2.32. The van der Waals surface area contributed by atoms with Gasteiger partial charge in [-0.05, 0) is 54.1 Å². The highest BCUT2D eigenvalue weighted by Crippen LogP contribution is 2.58. The molecule has 0 saturated carbocycles. The van der Waals surface area contributed by atoms with E-state index >= 15 is 0 Å². The smallest absolute Gasteiger partial charge is 0.124 e. The average molecular weight is 511 g/mol. The highest BCUT2D eigenvalue weighted by atomic mass is 32.2. The first kappa shape index (κ1) is 25.5. The molecular formula is C31H27O3PS. The lowest BCUT2D eigenvalue weighted by Gasteiger charge is -2.27. The van der Waals surface area contributed by atoms with E-state index in [4.69, 9.17) is 0 Å². The molecule has 0 saturated heterocycles. The normalized spacial score (nSPS) is 11.2. The van der Waals surface area contributed by atoms with Crippen molar-refractivity contribution >= 4 is 33.3 Å². The van der Waals surface area contributed by atoms with Gasteiger partial charge in [-0.15, -0.1) is 0 Å². The minimum absolute atomic E-state index is 0.185. The molecule has 3 nitrogen and oxygen atoms in total. The fraction of sp³-hybridized carbons (Fsp3) is 0.0323. The third-order valence-electron chi connectivity index (χ3n) is 5.89. The summed E-state index contributed by atoms with van der Waals surface area (Å²) in [6, 6.07) is 51.2. The first-order chi connectivity index (χ1) is 17.5. The summed E-state index contributed by atoms with van der Waals surface area (Å²) in [7, 11) is -6.03. The fourth-order valence-electron chi connectivity index (χ4n) is 4.21. The van der Waals surface area contributed by atoms with Crippen molar-refractivity contribution in [1.29, 1.82) is 0 Å². The minimum atomic E-state index is -4.25. The molecule has 5 aromatic carbocycles. The third-order valence-corrected chi connectivity index (χ3v) is 11.1. The topological polar surface area (TPSA) is 57.2 Å². The zero-order valence-electron chi connectivity index (χ0n) is 19.7. The van der Waals surface area contributed by atoms with Crippen LogP contribution in [0.4, 0.5) is 0 Å². The second-order valence-electron chi connectivity index (χ2n) is 8.23. The molecule has 0 aliphatic carbocycles. The SMILES string of the molecule is O=S(=O)([O-])c1ccccc1.c1ccc(C[P+](c2ccccc2)(c2ccccc2)c2ccccc2)cc1. The summed E-state index contributed by atoms with van der Waals surface area (Å²) >= 11 is 0. The van der Waals surface area contributed by atoms with Crippen LogP contribution < -0.4 is 15.9 Å². The van der Waals surface area contributed by atoms with Gasteiger partial charge in [-0.2, -0.15) is 0 Å². The minimum Gasteiger partial charge on any atom is -0.744 e. The van der Waals surface area contributed by atoms with Crippen molar-refractivity contribution in [3.63, 3.8) is 0 Å². The summed E-state index contributed by atoms with van der Waals surface area (Å²) in [5.74, 6) is 0. The van der Waals surface area contributed by atoms with Gasteiger partial charge in [0.05, 0.1) is 11.1 Å². The molecule has 5 aromatic rings. The molecule has 0 aliphatic heterocycles. The molecule has 36 heavy (non-hydrogen) atoms. The van der Waals surface area contributed by atoms with E-state index in [1.807, 2.05) is 0 Å². The Morgan fingerprint density at radius 1 is 0.472 bits per heavy atom. The molecule has 0 fully saturated rings. The molecule has 0 aliphatic rings. The molecule has 0 bridgehead atoms. The molecule has 0 radical (unpaired) electrons. The lowest BCUT2D eigenvalue weighted by molar-refractivity contribution is 0.463. The van der Waals surface area contributed by atoms with Gasteiger partial charge in [0.15, 0.2) is 0 Å². The van der Waals surface area contributed by atoms with Gasteiger partial charge < -0.3 is 4.55 Å². The Kier molecular flexibility index (Phi) is 8.45. The molecule has 0 atom stereocenters. The summed E-state index contributed by atoms with van der Waals surface area (Å²) in [4.78, 5) is -0.185. The zero-order valence-corrected chi connectivity index (χ0v) is 21.4. The Balaban J connectivity index is 0.000000256. The Morgan fingerprint density at radius 2 is 0.778 bits per heavy atom. The molecule has 180 valence electrons. The van der Waals surface area contributed by atoms with Crippen LogP contribution in [0.25, 0.3) is 0 Å². The number of hydrogen-bond donors (Lipinski definition) is 0. The van der Waals surface area contributed by atoms with Gasteiger partial charge in [0.25, 0.3) is 0 Å². The van der Waals surface area contributed by atoms with E-state index in [0.717, 1.165) is 6.16 Å². The quantitative estimate of drug-likeness (QED) is 0.215. The van der Waals surface area contributed by atoms with Crippen molar-refractivity contribution < 1.29 is 13.0 Å². The molecule has 5 heteroatoms. The Bertz CT molecular complexity index is 1350. The van der Waals surface area contributed by atoms with Crippen LogP contribution in [-0.4, -0.2) is 13.0 Å². The number of benzene rings is 5. The molecular weight excluding hydrogens is 483 g/mol. The van der Waals surface area contributed by atoms with Crippen molar-refractivity contribution in [1.82, 2.24) is 0 Å². The van der Waals surface area contributed by atoms with Gasteiger partial charge in [-0.1, -0.05) is 103 Å². The summed E-state index contributed by atoms with van der Waals surface area (Å²) in [5, 5.41) is 4.30. The van der Waals surface area contributed by atoms with Crippen LogP contribution in [0.1, 0.15) is 5.56 Å². The summed E-state index contributed by atoms with van der Waals surface area (Å²) in [6.45, 7) is 0. The zero-order chi connectivity index (χ0) is 25.3. The van der Waals surface area contributed by atoms with Crippen LogP contribution in [0, 0.1) is 0 Å². The van der Waals surface area contributed by atoms with E-state index in [9.17, 15) is 13.0 Å². The molecule has 0 aromatic heterocycles. The molecule has 0 unspecified atom stereocenters. The average Bonchev–Trinajstić information content (AvgIpc) is 2.94. The van der Waals surface area contributed by atoms with Crippen LogP contribution in [0.5, 0.6) is 0 Å². The van der Waals surface area contributed by atoms with Crippen LogP contribution >= 0.6 is 7.26 Å². The second-order valence-corrected chi connectivity index (χ2v) is 13.1. The fourth-order valence-corrected chi connectivity index (χ4v) is 8.95. The van der Waals surface area contributed by atoms with E-state index in [1.54, 1.807) is 6.07 Å². The van der Waals surface area contributed by atoms with Crippen molar-refractivity contribution in [3.8, 4) is 0 Å². The van der Waals surface area contributed by atoms with Crippen molar-refractivity contribution in [2.45, 2.75) is 11.1 Å². The van der Waals surface area contributed by atoms with E-state index in [0.29, 0.717) is 0 Å². The largest absolute Gasteiger partial charge is 0.744 e. The van der Waals surface area contributed by atoms with E-state index in [1.165, 1.54) is 45.7 Å². The molecule has 0 spiro atoms. The van der Waals surface area contributed by atoms with Crippen molar-refractivity contribution in [2.24, 2.45) is 0 Å². The number of hydrogen-bond acceptors (Lipinski definition) is 3. The van der Waals surface area contributed by atoms with E-state index < -0.39 is 17.4 Å². The maximum Gasteiger partial charge on any atom is 0.124 e. The monoisotopic (exact) mass is 510 g/mol. The molecule has 5 rings (SSSR count). The number of rotatable bonds is 6. The summed E-state index contributed by atoms with van der Waals surface area (Å²) < 4.78 is 30.8. The molecule has 0 amide bonds. The van der Waals surface area contributed by atoms with Gasteiger partial charge in [0, 0.05) is 0 Å². The molecule has 0 heterocycles. The van der Waals surface area contributed by atoms with Gasteiger partial charge in [-0.25, -0.2) is 8.42 Å². The third kappa shape index (κ3) is 6.16. The van der Waals surface area contributed by atoms with Crippen LogP contribution in [0.2, 0.25) is 0 Å². The summed E-state index contributed by atoms with van der Waals surface area (Å²) in [6.07, 6.45) is 1.03. The highest BCUT2D eigenvalue weighted by molar-refractivity contribution is 7.95. The van der Waals surface area contributed by atoms with Crippen LogP contribution in [-0.2, 0) is 16.3 Å². The lowest BCUT2D eigenvalue weighted by atomic mass is 10.2. The van der Waals surface area contributed by atoms with Crippen LogP contribution in [0.15, 0.2) is 157 Å². The van der Waals surface area contributed by atoms with Crippen molar-refractivity contribution in [3.05, 3.63) is 157 Å². The van der Waals surface area contributed by atoms with Gasteiger partial charge >= 0.3 is 0 Å². The first-order valence-electron chi connectivity index (χ1n) is 11.6. The highest BCUT2D eigenvalue weighted by Gasteiger charge is 2.45. The van der Waals surface area contributed by atoms with Gasteiger partial charge in [-0.3, -0.25) is 0 Å². The maximum atomic E-state index is 10.3. The van der Waals surface area contributed by atoms with Crippen LogP contribution in [0.3, 0.4) is 0 Å². The molecule has 0 N–H and O–H groups in total. The Hall–Kier alpha value is -3.56. The second kappa shape index (κ2) is 11.9. The summed E-state index contributed by atoms with van der Waals surface area (Å²) in [5.41, 5.74) is 1.39. The van der Waals surface area contributed by atoms with Gasteiger partial charge in [0.2, 0.25) is 0 Å². The van der Waals surface area contributed by atoms with E-state index in [2.05, 4.69) is 121 Å². The first-order valence-corrected chi connectivity index (χ1v) is 15.0. The van der Waals surface area contributed by atoms with Gasteiger partial charge in [0.1, 0.15) is 33.3 Å². The Labute approximate surface area is 214 Å². The van der Waals surface area contributed by atoms with Crippen molar-refractivity contribution in [2.75, 3.05) is 0 Å². The predicted octanol–water partition coefficient (Wildman–Crippen LogP) is 5.77. The van der Waals surface area contributed by atoms with E-state index in [-0.39, 0.29) is 4.90 Å². The Morgan fingerprint density at radius 3 is 1.08 bits per heavy atom. The predicted molar refractivity (Wildman–Crippen MR) is 150 cm³/mol. The standard InChI is InChI=1S/C25H22P.C6H6O3S/c1-5-13-22(14-6-1)21-26(23-15-7-2-8-16-23,24-17-9-3-10-18-24)25-19-11-4-12-20-25;7-10(8,9)6-4-2-1-3-5-6/h1-20H,21H2;1-5H,(H,7,8,9)/q+1;/p-1.